The van der Waals surface area contributed by atoms with E-state index in [1.54, 1.807) is 54.4 Å². The minimum Gasteiger partial charge on any atom is -0.375 e. The van der Waals surface area contributed by atoms with Gasteiger partial charge in [-0.1, -0.05) is 11.8 Å². The van der Waals surface area contributed by atoms with Crippen LogP contribution in [0.4, 0.5) is 11.4 Å². The van der Waals surface area contributed by atoms with Gasteiger partial charge in [0, 0.05) is 42.1 Å². The lowest BCUT2D eigenvalue weighted by Gasteiger charge is -2.09. The third-order valence-electron chi connectivity index (χ3n) is 3.90. The van der Waals surface area contributed by atoms with Gasteiger partial charge < -0.3 is 15.4 Å². The van der Waals surface area contributed by atoms with E-state index in [-0.39, 0.29) is 18.4 Å². The number of ether oxygens (including phenoxy) is 1. The highest BCUT2D eigenvalue weighted by Gasteiger charge is 2.09. The average molecular weight is 396 g/mol. The van der Waals surface area contributed by atoms with Gasteiger partial charge in [0.15, 0.2) is 5.16 Å². The maximum absolute atomic E-state index is 12.5. The summed E-state index contributed by atoms with van der Waals surface area (Å²) in [5, 5.41) is 6.42. The Morgan fingerprint density at radius 3 is 2.29 bits per heavy atom. The van der Waals surface area contributed by atoms with Gasteiger partial charge >= 0.3 is 0 Å². The van der Waals surface area contributed by atoms with Crippen LogP contribution in [0, 0.1) is 0 Å². The van der Waals surface area contributed by atoms with Crippen molar-refractivity contribution in [3.05, 3.63) is 66.5 Å². The van der Waals surface area contributed by atoms with Crippen LogP contribution >= 0.6 is 11.8 Å². The number of hydrogen-bond acceptors (Lipinski definition) is 5. The lowest BCUT2D eigenvalue weighted by molar-refractivity contribution is -0.119. The van der Waals surface area contributed by atoms with Gasteiger partial charge in [-0.2, -0.15) is 0 Å². The molecule has 0 spiro atoms. The summed E-state index contributed by atoms with van der Waals surface area (Å²) in [5.41, 5.74) is 2.76. The number of benzene rings is 2. The molecule has 0 atom stereocenters. The number of rotatable bonds is 7. The van der Waals surface area contributed by atoms with Gasteiger partial charge in [-0.3, -0.25) is 14.2 Å². The number of anilines is 2. The van der Waals surface area contributed by atoms with E-state index in [4.69, 9.17) is 4.74 Å². The molecule has 3 aromatic rings. The van der Waals surface area contributed by atoms with Crippen molar-refractivity contribution in [2.24, 2.45) is 0 Å². The SMILES string of the molecule is COCC(=O)Nc1ccc(NC(=O)c2ccc(-n3ccnc3SC)cc2)cc1. The summed E-state index contributed by atoms with van der Waals surface area (Å²) in [4.78, 5) is 28.2. The summed E-state index contributed by atoms with van der Waals surface area (Å²) in [5.74, 6) is -0.444. The highest BCUT2D eigenvalue weighted by atomic mass is 32.2. The Kier molecular flexibility index (Phi) is 6.46. The van der Waals surface area contributed by atoms with Gasteiger partial charge in [0.05, 0.1) is 0 Å². The first-order valence-electron chi connectivity index (χ1n) is 8.48. The molecule has 0 aliphatic carbocycles. The van der Waals surface area contributed by atoms with Crippen molar-refractivity contribution in [3.63, 3.8) is 0 Å². The van der Waals surface area contributed by atoms with E-state index in [9.17, 15) is 9.59 Å². The highest BCUT2D eigenvalue weighted by Crippen LogP contribution is 2.19. The first-order chi connectivity index (χ1) is 13.6. The van der Waals surface area contributed by atoms with Gasteiger partial charge in [0.25, 0.3) is 5.91 Å². The van der Waals surface area contributed by atoms with Crippen molar-refractivity contribution in [3.8, 4) is 5.69 Å². The number of methoxy groups -OCH3 is 1. The van der Waals surface area contributed by atoms with Crippen LogP contribution in [0.25, 0.3) is 5.69 Å². The van der Waals surface area contributed by atoms with Gasteiger partial charge in [-0.05, 0) is 54.8 Å². The Morgan fingerprint density at radius 2 is 1.68 bits per heavy atom. The lowest BCUT2D eigenvalue weighted by Crippen LogP contribution is -2.17. The number of nitrogens with one attached hydrogen (secondary N) is 2. The van der Waals surface area contributed by atoms with Crippen LogP contribution in [0.3, 0.4) is 0 Å². The summed E-state index contributed by atoms with van der Waals surface area (Å²) in [6.45, 7) is -0.00794. The molecule has 7 nitrogen and oxygen atoms in total. The Balaban J connectivity index is 1.64. The smallest absolute Gasteiger partial charge is 0.255 e. The van der Waals surface area contributed by atoms with E-state index < -0.39 is 0 Å². The van der Waals surface area contributed by atoms with Crippen LogP contribution in [-0.4, -0.2) is 41.3 Å². The Morgan fingerprint density at radius 1 is 1.04 bits per heavy atom. The molecular formula is C20H20N4O3S. The van der Waals surface area contributed by atoms with Crippen molar-refractivity contribution in [1.29, 1.82) is 0 Å². The Bertz CT molecular complexity index is 952. The molecule has 2 N–H and O–H groups in total. The average Bonchev–Trinajstić information content (AvgIpc) is 3.18. The van der Waals surface area contributed by atoms with Crippen LogP contribution in [0.2, 0.25) is 0 Å². The summed E-state index contributed by atoms with van der Waals surface area (Å²) >= 11 is 1.56. The normalized spacial score (nSPS) is 10.5. The number of thioether (sulfide) groups is 1. The molecule has 0 saturated carbocycles. The number of amides is 2. The van der Waals surface area contributed by atoms with Crippen LogP contribution < -0.4 is 10.6 Å². The molecule has 1 aromatic heterocycles. The third kappa shape index (κ3) is 4.79. The van der Waals surface area contributed by atoms with Crippen molar-refractivity contribution in [2.75, 3.05) is 30.6 Å². The molecule has 28 heavy (non-hydrogen) atoms. The molecule has 0 radical (unpaired) electrons. The second-order valence-corrected chi connectivity index (χ2v) is 6.62. The lowest BCUT2D eigenvalue weighted by atomic mass is 10.2. The maximum atomic E-state index is 12.5. The summed E-state index contributed by atoms with van der Waals surface area (Å²) < 4.78 is 6.73. The molecule has 0 aliphatic heterocycles. The predicted molar refractivity (Wildman–Crippen MR) is 110 cm³/mol. The minimum atomic E-state index is -0.234. The van der Waals surface area contributed by atoms with E-state index in [1.165, 1.54) is 7.11 Å². The molecular weight excluding hydrogens is 376 g/mol. The van der Waals surface area contributed by atoms with Gasteiger partial charge in [0.1, 0.15) is 6.61 Å². The van der Waals surface area contributed by atoms with Gasteiger partial charge in [0.2, 0.25) is 5.91 Å². The maximum Gasteiger partial charge on any atom is 0.255 e. The number of carbonyl (C=O) groups is 2. The third-order valence-corrected chi connectivity index (χ3v) is 4.57. The van der Waals surface area contributed by atoms with E-state index in [0.29, 0.717) is 16.9 Å². The molecule has 0 fully saturated rings. The fraction of sp³-hybridized carbons (Fsp3) is 0.150. The number of carbonyl (C=O) groups excluding carboxylic acids is 2. The van der Waals surface area contributed by atoms with E-state index in [1.807, 2.05) is 29.2 Å². The van der Waals surface area contributed by atoms with Crippen LogP contribution in [0.15, 0.2) is 66.1 Å². The molecule has 8 heteroatoms. The van der Waals surface area contributed by atoms with Crippen molar-refractivity contribution < 1.29 is 14.3 Å². The van der Waals surface area contributed by atoms with Crippen LogP contribution in [-0.2, 0) is 9.53 Å². The predicted octanol–water partition coefficient (Wildman–Crippen LogP) is 3.43. The molecule has 0 aliphatic rings. The first-order valence-corrected chi connectivity index (χ1v) is 9.71. The van der Waals surface area contributed by atoms with Crippen LogP contribution in [0.1, 0.15) is 10.4 Å². The standard InChI is InChI=1S/C20H20N4O3S/c1-27-13-18(25)22-15-5-7-16(8-6-15)23-19(26)14-3-9-17(10-4-14)24-12-11-21-20(24)28-2/h3-12H,13H2,1-2H3,(H,22,25)(H,23,26). The number of nitrogens with zero attached hydrogens (tertiary/aromatic N) is 2. The summed E-state index contributed by atoms with van der Waals surface area (Å²) in [6.07, 6.45) is 5.59. The summed E-state index contributed by atoms with van der Waals surface area (Å²) in [6, 6.07) is 14.2. The Labute approximate surface area is 167 Å². The van der Waals surface area contributed by atoms with Crippen molar-refractivity contribution >= 4 is 35.0 Å². The molecule has 144 valence electrons. The Hall–Kier alpha value is -3.10. The zero-order chi connectivity index (χ0) is 19.9. The van der Waals surface area contributed by atoms with Gasteiger partial charge in [-0.15, -0.1) is 0 Å². The van der Waals surface area contributed by atoms with E-state index in [2.05, 4.69) is 15.6 Å². The molecule has 0 saturated heterocycles. The molecule has 2 aromatic carbocycles. The topological polar surface area (TPSA) is 85.3 Å². The second-order valence-electron chi connectivity index (χ2n) is 5.84. The van der Waals surface area contributed by atoms with E-state index >= 15 is 0 Å². The minimum absolute atomic E-state index is 0.00794. The van der Waals surface area contributed by atoms with E-state index in [0.717, 1.165) is 10.8 Å². The van der Waals surface area contributed by atoms with Crippen molar-refractivity contribution in [2.45, 2.75) is 5.16 Å². The number of aromatic nitrogens is 2. The first kappa shape index (κ1) is 19.7. The number of hydrogen-bond donors (Lipinski definition) is 2. The summed E-state index contributed by atoms with van der Waals surface area (Å²) in [7, 11) is 1.46. The molecule has 2 amide bonds. The zero-order valence-electron chi connectivity index (χ0n) is 15.5. The molecule has 3 rings (SSSR count). The fourth-order valence-corrected chi connectivity index (χ4v) is 3.11. The molecule has 0 bridgehead atoms. The monoisotopic (exact) mass is 396 g/mol. The second kappa shape index (κ2) is 9.20. The zero-order valence-corrected chi connectivity index (χ0v) is 16.3. The molecule has 0 unspecified atom stereocenters. The van der Waals surface area contributed by atoms with Gasteiger partial charge in [-0.25, -0.2) is 4.98 Å². The largest absolute Gasteiger partial charge is 0.375 e. The fourth-order valence-electron chi connectivity index (χ4n) is 2.58. The molecule has 1 heterocycles. The number of imidazole rings is 1. The highest BCUT2D eigenvalue weighted by molar-refractivity contribution is 7.98. The van der Waals surface area contributed by atoms with Crippen molar-refractivity contribution in [1.82, 2.24) is 9.55 Å². The van der Waals surface area contributed by atoms with Crippen LogP contribution in [0.5, 0.6) is 0 Å². The quantitative estimate of drug-likeness (QED) is 0.598.